The van der Waals surface area contributed by atoms with Crippen molar-refractivity contribution in [3.63, 3.8) is 0 Å². The van der Waals surface area contributed by atoms with E-state index in [9.17, 15) is 18.0 Å². The summed E-state index contributed by atoms with van der Waals surface area (Å²) in [6.07, 6.45) is -4.00. The fourth-order valence-corrected chi connectivity index (χ4v) is 0.845. The Hall–Kier alpha value is -1.44. The molecular weight excluding hydrogens is 201 g/mol. The second kappa shape index (κ2) is 3.74. The Bertz CT molecular complexity index is 262. The molecule has 80 valence electrons. The van der Waals surface area contributed by atoms with Gasteiger partial charge in [-0.1, -0.05) is 0 Å². The van der Waals surface area contributed by atoms with Crippen molar-refractivity contribution in [3.8, 4) is 0 Å². The first-order valence-corrected chi connectivity index (χ1v) is 3.75. The van der Waals surface area contributed by atoms with Gasteiger partial charge in [-0.05, 0) is 0 Å². The molecule has 0 aliphatic carbocycles. The summed E-state index contributed by atoms with van der Waals surface area (Å²) < 4.78 is 35.3. The maximum absolute atomic E-state index is 11.8. The minimum Gasteiger partial charge on any atom is -0.364 e. The van der Waals surface area contributed by atoms with Gasteiger partial charge >= 0.3 is 6.18 Å². The molecule has 14 heavy (non-hydrogen) atoms. The summed E-state index contributed by atoms with van der Waals surface area (Å²) in [6, 6.07) is 0. The van der Waals surface area contributed by atoms with E-state index >= 15 is 0 Å². The summed E-state index contributed by atoms with van der Waals surface area (Å²) in [5, 5.41) is 1.10. The average molecular weight is 210 g/mol. The van der Waals surface area contributed by atoms with Gasteiger partial charge in [-0.2, -0.15) is 13.2 Å². The molecule has 0 spiro atoms. The van der Waals surface area contributed by atoms with Crippen LogP contribution in [0.4, 0.5) is 13.2 Å². The highest BCUT2D eigenvalue weighted by Gasteiger charge is 2.28. The average Bonchev–Trinajstić information content (AvgIpc) is 2.47. The van der Waals surface area contributed by atoms with Crippen LogP contribution in [-0.4, -0.2) is 23.6 Å². The van der Waals surface area contributed by atoms with Gasteiger partial charge in [-0.25, -0.2) is 0 Å². The van der Waals surface area contributed by atoms with Crippen molar-refractivity contribution in [2.75, 3.05) is 6.54 Å². The molecule has 0 aromatic heterocycles. The molecular formula is C6H9F3N4O. The molecule has 1 heterocycles. The number of nitrogens with one attached hydrogen (secondary N) is 2. The van der Waals surface area contributed by atoms with Crippen LogP contribution in [0.15, 0.2) is 11.9 Å². The normalized spacial score (nSPS) is 16.5. The number of alkyl halides is 3. The third-order valence-corrected chi connectivity index (χ3v) is 1.52. The van der Waals surface area contributed by atoms with E-state index in [2.05, 4.69) is 11.0 Å². The van der Waals surface area contributed by atoms with Crippen molar-refractivity contribution in [2.24, 2.45) is 5.73 Å². The van der Waals surface area contributed by atoms with Gasteiger partial charge in [-0.3, -0.25) is 15.2 Å². The first-order chi connectivity index (χ1) is 6.38. The molecule has 1 aliphatic heterocycles. The zero-order valence-electron chi connectivity index (χ0n) is 7.06. The highest BCUT2D eigenvalue weighted by atomic mass is 19.4. The number of carbonyl (C=O) groups is 1. The van der Waals surface area contributed by atoms with E-state index < -0.39 is 18.5 Å². The maximum Gasteiger partial charge on any atom is 0.390 e. The summed E-state index contributed by atoms with van der Waals surface area (Å²) in [5.41, 5.74) is 9.61. The Labute approximate surface area is 77.7 Å². The van der Waals surface area contributed by atoms with Gasteiger partial charge in [0.05, 0.1) is 6.42 Å². The number of hydrogen-bond acceptors (Lipinski definition) is 4. The molecule has 0 radical (unpaired) electrons. The monoisotopic (exact) mass is 210 g/mol. The first-order valence-electron chi connectivity index (χ1n) is 3.75. The first kappa shape index (κ1) is 10.6. The van der Waals surface area contributed by atoms with Crippen molar-refractivity contribution >= 4 is 5.91 Å². The fourth-order valence-electron chi connectivity index (χ4n) is 0.845. The zero-order chi connectivity index (χ0) is 10.8. The van der Waals surface area contributed by atoms with E-state index in [4.69, 9.17) is 5.73 Å². The summed E-state index contributed by atoms with van der Waals surface area (Å²) in [7, 11) is 0. The lowest BCUT2D eigenvalue weighted by atomic mass is 10.4. The molecule has 0 atom stereocenters. The number of carbonyl (C=O) groups excluding carboxylic acids is 1. The molecule has 0 bridgehead atoms. The number of nitrogens with zero attached hydrogens (tertiary/aromatic N) is 1. The molecule has 1 aliphatic rings. The van der Waals surface area contributed by atoms with Gasteiger partial charge in [0.15, 0.2) is 0 Å². The Morgan fingerprint density at radius 3 is 2.64 bits per heavy atom. The van der Waals surface area contributed by atoms with Crippen molar-refractivity contribution in [2.45, 2.75) is 12.6 Å². The van der Waals surface area contributed by atoms with Crippen LogP contribution in [0.25, 0.3) is 0 Å². The number of nitrogens with two attached hydrogens (primary N) is 1. The van der Waals surface area contributed by atoms with E-state index in [1.165, 1.54) is 6.20 Å². The van der Waals surface area contributed by atoms with Gasteiger partial charge in [0.1, 0.15) is 5.70 Å². The highest BCUT2D eigenvalue weighted by molar-refractivity contribution is 5.91. The zero-order valence-corrected chi connectivity index (χ0v) is 7.06. The van der Waals surface area contributed by atoms with Crippen molar-refractivity contribution in [1.29, 1.82) is 0 Å². The SMILES string of the molecule is NC(=O)C1=CN(CCC(F)(F)F)NN1. The highest BCUT2D eigenvalue weighted by Crippen LogP contribution is 2.19. The smallest absolute Gasteiger partial charge is 0.364 e. The van der Waals surface area contributed by atoms with Gasteiger partial charge in [0.25, 0.3) is 5.91 Å². The van der Waals surface area contributed by atoms with E-state index in [-0.39, 0.29) is 12.2 Å². The quantitative estimate of drug-likeness (QED) is 0.592. The molecule has 8 heteroatoms. The minimum atomic E-state index is -4.22. The lowest BCUT2D eigenvalue weighted by molar-refractivity contribution is -0.137. The van der Waals surface area contributed by atoms with Gasteiger partial charge in [0.2, 0.25) is 0 Å². The third-order valence-electron chi connectivity index (χ3n) is 1.52. The maximum atomic E-state index is 11.8. The Morgan fingerprint density at radius 1 is 1.57 bits per heavy atom. The van der Waals surface area contributed by atoms with Gasteiger partial charge in [0, 0.05) is 12.7 Å². The Kier molecular flexibility index (Phi) is 2.84. The lowest BCUT2D eigenvalue weighted by Crippen LogP contribution is -2.39. The molecule has 0 aromatic carbocycles. The van der Waals surface area contributed by atoms with E-state index in [1.807, 2.05) is 0 Å². The molecule has 0 aromatic rings. The van der Waals surface area contributed by atoms with Crippen LogP contribution < -0.4 is 16.7 Å². The standard InChI is InChI=1S/C6H9F3N4O/c7-6(8,9)1-2-13-3-4(5(10)14)11-12-13/h3,11-12H,1-2H2,(H2,10,14). The molecule has 1 amide bonds. The predicted octanol–water partition coefficient (Wildman–Crippen LogP) is -0.410. The van der Waals surface area contributed by atoms with Crippen LogP contribution in [0, 0.1) is 0 Å². The van der Waals surface area contributed by atoms with Crippen LogP contribution in [-0.2, 0) is 4.79 Å². The van der Waals surface area contributed by atoms with Crippen molar-refractivity contribution in [1.82, 2.24) is 16.0 Å². The number of hydrazine groups is 2. The molecule has 4 N–H and O–H groups in total. The summed E-state index contributed by atoms with van der Waals surface area (Å²) in [6.45, 7) is -0.284. The number of hydrogen-bond donors (Lipinski definition) is 3. The van der Waals surface area contributed by atoms with Crippen molar-refractivity contribution in [3.05, 3.63) is 11.9 Å². The fraction of sp³-hybridized carbons (Fsp3) is 0.500. The Balaban J connectivity index is 2.39. The minimum absolute atomic E-state index is 0.0344. The Morgan fingerprint density at radius 2 is 2.21 bits per heavy atom. The topological polar surface area (TPSA) is 70.4 Å². The summed E-state index contributed by atoms with van der Waals surface area (Å²) in [4.78, 5) is 10.6. The predicted molar refractivity (Wildman–Crippen MR) is 40.9 cm³/mol. The summed E-state index contributed by atoms with van der Waals surface area (Å²) in [5.74, 6) is -0.730. The van der Waals surface area contributed by atoms with Gasteiger partial charge in [-0.15, -0.1) is 5.53 Å². The molecule has 1 rings (SSSR count). The second-order valence-electron chi connectivity index (χ2n) is 2.70. The number of amides is 1. The van der Waals surface area contributed by atoms with E-state index in [1.54, 1.807) is 0 Å². The third kappa shape index (κ3) is 3.13. The van der Waals surface area contributed by atoms with E-state index in [0.29, 0.717) is 0 Å². The van der Waals surface area contributed by atoms with Crippen molar-refractivity contribution < 1.29 is 18.0 Å². The largest absolute Gasteiger partial charge is 0.390 e. The lowest BCUT2D eigenvalue weighted by Gasteiger charge is -2.15. The molecule has 0 saturated heterocycles. The number of rotatable bonds is 3. The molecule has 0 unspecified atom stereocenters. The van der Waals surface area contributed by atoms with Crippen LogP contribution in [0.2, 0.25) is 0 Å². The van der Waals surface area contributed by atoms with Crippen LogP contribution in [0.1, 0.15) is 6.42 Å². The summed E-state index contributed by atoms with van der Waals surface area (Å²) >= 11 is 0. The van der Waals surface area contributed by atoms with Crippen LogP contribution >= 0.6 is 0 Å². The van der Waals surface area contributed by atoms with Crippen LogP contribution in [0.5, 0.6) is 0 Å². The number of primary amides is 1. The molecule has 0 fully saturated rings. The van der Waals surface area contributed by atoms with Gasteiger partial charge < -0.3 is 5.73 Å². The molecule has 0 saturated carbocycles. The van der Waals surface area contributed by atoms with Crippen LogP contribution in [0.3, 0.4) is 0 Å². The molecule has 5 nitrogen and oxygen atoms in total. The number of halogens is 3. The second-order valence-corrected chi connectivity index (χ2v) is 2.70. The van der Waals surface area contributed by atoms with E-state index in [0.717, 1.165) is 5.01 Å².